The Morgan fingerprint density at radius 3 is 1.34 bits per heavy atom. The average molecular weight is 756 g/mol. The van der Waals surface area contributed by atoms with Gasteiger partial charge >= 0.3 is 0 Å². The quantitative estimate of drug-likeness (QED) is 0.162. The van der Waals surface area contributed by atoms with E-state index in [0.29, 0.717) is 16.9 Å². The van der Waals surface area contributed by atoms with E-state index in [-0.39, 0.29) is 0 Å². The van der Waals surface area contributed by atoms with Crippen molar-refractivity contribution in [3.05, 3.63) is 198 Å². The van der Waals surface area contributed by atoms with Crippen LogP contribution in [0.3, 0.4) is 0 Å². The molecular formula is C52H33N7. The number of nitriles is 1. The molecule has 0 unspecified atom stereocenters. The molecule has 9 aromatic rings. The number of nitrogens with one attached hydrogen (secondary N) is 3. The first-order valence-electron chi connectivity index (χ1n) is 19.5. The first-order valence-corrected chi connectivity index (χ1v) is 19.5. The Morgan fingerprint density at radius 2 is 0.847 bits per heavy atom. The van der Waals surface area contributed by atoms with E-state index in [1.165, 1.54) is 0 Å². The van der Waals surface area contributed by atoms with Gasteiger partial charge in [0.05, 0.1) is 45.4 Å². The SMILES string of the molecule is N#Cc1ccc2[nH]c(C3=Cc4nc3c(-c3ccccc3)c3ccc([nH]3)c(-c3ccccc3)c3nc(c(-c5ccccc5)c5ccc([nH]5)c4-c4ccccc4)C=C3)nc2c1. The van der Waals surface area contributed by atoms with Crippen molar-refractivity contribution in [2.75, 3.05) is 0 Å². The fraction of sp³-hybridized carbons (Fsp3) is 0. The molecular weight excluding hydrogens is 723 g/mol. The van der Waals surface area contributed by atoms with Gasteiger partial charge in [-0.2, -0.15) is 5.26 Å². The molecule has 0 saturated carbocycles. The maximum atomic E-state index is 9.72. The van der Waals surface area contributed by atoms with Gasteiger partial charge in [-0.15, -0.1) is 0 Å². The zero-order valence-corrected chi connectivity index (χ0v) is 31.6. The van der Waals surface area contributed by atoms with Crippen molar-refractivity contribution >= 4 is 56.9 Å². The molecule has 0 amide bonds. The second-order valence-electron chi connectivity index (χ2n) is 14.6. The van der Waals surface area contributed by atoms with Crippen LogP contribution in [0.5, 0.6) is 0 Å². The molecule has 0 fully saturated rings. The summed E-state index contributed by atoms with van der Waals surface area (Å²) in [5.74, 6) is 0.658. The summed E-state index contributed by atoms with van der Waals surface area (Å²) < 4.78 is 0. The molecule has 0 saturated heterocycles. The number of hydrogen-bond acceptors (Lipinski definition) is 4. The molecule has 0 atom stereocenters. The van der Waals surface area contributed by atoms with Crippen LogP contribution in [0.15, 0.2) is 164 Å². The van der Waals surface area contributed by atoms with Crippen LogP contribution in [0, 0.1) is 11.3 Å². The Bertz CT molecular complexity index is 3360. The summed E-state index contributed by atoms with van der Waals surface area (Å²) in [4.78, 5) is 27.4. The fourth-order valence-corrected chi connectivity index (χ4v) is 8.30. The molecule has 0 radical (unpaired) electrons. The minimum atomic E-state index is 0.551. The minimum Gasteiger partial charge on any atom is -0.354 e. The van der Waals surface area contributed by atoms with Crippen LogP contribution in [0.1, 0.15) is 34.2 Å². The maximum absolute atomic E-state index is 9.72. The lowest BCUT2D eigenvalue weighted by Crippen LogP contribution is -1.93. The van der Waals surface area contributed by atoms with Gasteiger partial charge in [-0.3, -0.25) is 0 Å². The van der Waals surface area contributed by atoms with Crippen LogP contribution in [-0.2, 0) is 0 Å². The van der Waals surface area contributed by atoms with Gasteiger partial charge in [-0.25, -0.2) is 15.0 Å². The van der Waals surface area contributed by atoms with Crippen LogP contribution in [0.2, 0.25) is 0 Å². The number of benzene rings is 5. The first kappa shape index (κ1) is 34.0. The third kappa shape index (κ3) is 5.95. The summed E-state index contributed by atoms with van der Waals surface area (Å²) in [7, 11) is 0. The predicted molar refractivity (Wildman–Crippen MR) is 239 cm³/mol. The molecule has 8 bridgehead atoms. The van der Waals surface area contributed by atoms with Gasteiger partial charge in [0.1, 0.15) is 5.82 Å². The van der Waals surface area contributed by atoms with Gasteiger partial charge in [0, 0.05) is 49.9 Å². The normalized spacial score (nSPS) is 12.1. The third-order valence-electron chi connectivity index (χ3n) is 11.0. The zero-order chi connectivity index (χ0) is 39.3. The summed E-state index contributed by atoms with van der Waals surface area (Å²) in [6.07, 6.45) is 6.38. The number of aromatic nitrogens is 6. The molecule has 2 aliphatic heterocycles. The number of imidazole rings is 1. The summed E-state index contributed by atoms with van der Waals surface area (Å²) in [5, 5.41) is 9.72. The number of rotatable bonds is 5. The van der Waals surface area contributed by atoms with Gasteiger partial charge in [0.15, 0.2) is 0 Å². The van der Waals surface area contributed by atoms with Gasteiger partial charge in [0.2, 0.25) is 0 Å². The minimum absolute atomic E-state index is 0.551. The highest BCUT2D eigenvalue weighted by molar-refractivity contribution is 6.05. The van der Waals surface area contributed by atoms with E-state index in [0.717, 1.165) is 100 Å². The maximum Gasteiger partial charge on any atom is 0.140 e. The van der Waals surface area contributed by atoms with E-state index in [9.17, 15) is 5.26 Å². The highest BCUT2D eigenvalue weighted by Crippen LogP contribution is 2.42. The third-order valence-corrected chi connectivity index (χ3v) is 11.0. The number of fused-ring (bicyclic) bond motifs is 9. The molecule has 0 aliphatic carbocycles. The Kier molecular flexibility index (Phi) is 8.05. The number of H-pyrrole nitrogens is 3. The summed E-state index contributed by atoms with van der Waals surface area (Å²) >= 11 is 0. The lowest BCUT2D eigenvalue weighted by molar-refractivity contribution is 1.24. The Balaban J connectivity index is 1.34. The highest BCUT2D eigenvalue weighted by Gasteiger charge is 2.25. The van der Waals surface area contributed by atoms with Crippen molar-refractivity contribution < 1.29 is 0 Å². The number of nitrogens with zero attached hydrogens (tertiary/aromatic N) is 4. The molecule has 0 spiro atoms. The molecule has 11 rings (SSSR count). The Labute approximate surface area is 339 Å². The molecule has 5 aromatic carbocycles. The summed E-state index contributed by atoms with van der Waals surface area (Å²) in [6.45, 7) is 0. The molecule has 2 aliphatic rings. The second kappa shape index (κ2) is 14.0. The first-order chi connectivity index (χ1) is 29.2. The van der Waals surface area contributed by atoms with Crippen molar-refractivity contribution in [2.45, 2.75) is 0 Å². The number of aromatic amines is 3. The molecule has 6 heterocycles. The standard InChI is InChI=1S/C52H33N7/c53-31-32-21-22-38-45(29-32)59-52(58-38)37-30-46-49(35-17-9-3-10-18-35)43-26-25-41(55-43)47(33-13-5-1-6-14-33)39-23-24-40(54-39)48(34-15-7-2-8-16-34)42-27-28-44(56-42)50(51(37)57-46)36-19-11-4-12-20-36/h1-30,55-56H,(H,58,59). The van der Waals surface area contributed by atoms with E-state index >= 15 is 0 Å². The van der Waals surface area contributed by atoms with Crippen LogP contribution in [0.4, 0.5) is 0 Å². The largest absolute Gasteiger partial charge is 0.354 e. The van der Waals surface area contributed by atoms with E-state index < -0.39 is 0 Å². The Hall–Kier alpha value is -8.34. The van der Waals surface area contributed by atoms with Crippen LogP contribution < -0.4 is 0 Å². The fourth-order valence-electron chi connectivity index (χ4n) is 8.30. The topological polar surface area (TPSA) is 110 Å². The molecule has 7 heteroatoms. The van der Waals surface area contributed by atoms with Gasteiger partial charge < -0.3 is 15.0 Å². The van der Waals surface area contributed by atoms with Gasteiger partial charge in [-0.05, 0) is 82.9 Å². The van der Waals surface area contributed by atoms with Gasteiger partial charge in [0.25, 0.3) is 0 Å². The molecule has 4 aromatic heterocycles. The lowest BCUT2D eigenvalue weighted by atomic mass is 9.99. The van der Waals surface area contributed by atoms with E-state index in [2.05, 4.69) is 161 Å². The van der Waals surface area contributed by atoms with Crippen molar-refractivity contribution in [1.29, 1.82) is 5.26 Å². The summed E-state index contributed by atoms with van der Waals surface area (Å²) in [5.41, 5.74) is 17.9. The van der Waals surface area contributed by atoms with E-state index in [4.69, 9.17) is 15.0 Å². The van der Waals surface area contributed by atoms with Crippen molar-refractivity contribution in [3.8, 4) is 50.6 Å². The van der Waals surface area contributed by atoms with Crippen molar-refractivity contribution in [1.82, 2.24) is 29.9 Å². The van der Waals surface area contributed by atoms with E-state index in [1.54, 1.807) is 0 Å². The highest BCUT2D eigenvalue weighted by atomic mass is 14.9. The molecule has 276 valence electrons. The van der Waals surface area contributed by atoms with Crippen LogP contribution in [0.25, 0.3) is 101 Å². The van der Waals surface area contributed by atoms with Crippen LogP contribution >= 0.6 is 0 Å². The lowest BCUT2D eigenvalue weighted by Gasteiger charge is -2.08. The van der Waals surface area contributed by atoms with Crippen molar-refractivity contribution in [2.24, 2.45) is 0 Å². The van der Waals surface area contributed by atoms with E-state index in [1.807, 2.05) is 42.5 Å². The smallest absolute Gasteiger partial charge is 0.140 e. The van der Waals surface area contributed by atoms with Crippen LogP contribution in [-0.4, -0.2) is 29.9 Å². The predicted octanol–water partition coefficient (Wildman–Crippen LogP) is 12.5. The monoisotopic (exact) mass is 755 g/mol. The number of hydrogen-bond donors (Lipinski definition) is 3. The average Bonchev–Trinajstić information content (AvgIpc) is 4.15. The summed E-state index contributed by atoms with van der Waals surface area (Å²) in [6, 6.07) is 58.0. The second-order valence-corrected chi connectivity index (χ2v) is 14.6. The van der Waals surface area contributed by atoms with Gasteiger partial charge in [-0.1, -0.05) is 121 Å². The van der Waals surface area contributed by atoms with Crippen molar-refractivity contribution in [3.63, 3.8) is 0 Å². The molecule has 59 heavy (non-hydrogen) atoms. The molecule has 3 N–H and O–H groups in total. The molecule has 7 nitrogen and oxygen atoms in total. The zero-order valence-electron chi connectivity index (χ0n) is 31.6. The Morgan fingerprint density at radius 1 is 0.407 bits per heavy atom.